The molecule has 1 amide bonds. The Balaban J connectivity index is 1.18. The Kier molecular flexibility index (Phi) is 5.60. The molecular weight excluding hydrogens is 448 g/mol. The molecule has 34 heavy (non-hydrogen) atoms. The van der Waals surface area contributed by atoms with Crippen molar-refractivity contribution in [2.75, 3.05) is 13.2 Å². The second-order valence-electron chi connectivity index (χ2n) is 8.18. The zero-order chi connectivity index (χ0) is 23.7. The van der Waals surface area contributed by atoms with Crippen LogP contribution < -0.4 is 14.8 Å². The lowest BCUT2D eigenvalue weighted by Gasteiger charge is -2.13. The number of oxazole rings is 1. The Morgan fingerprint density at radius 2 is 2.09 bits per heavy atom. The summed E-state index contributed by atoms with van der Waals surface area (Å²) >= 11 is 0. The molecule has 11 heteroatoms. The highest BCUT2D eigenvalue weighted by atomic mass is 19.3. The van der Waals surface area contributed by atoms with E-state index in [4.69, 9.17) is 13.9 Å². The van der Waals surface area contributed by atoms with Crippen LogP contribution in [0.2, 0.25) is 0 Å². The molecule has 4 aromatic rings. The molecule has 3 aromatic heterocycles. The first kappa shape index (κ1) is 21.8. The van der Waals surface area contributed by atoms with Crippen LogP contribution in [0.15, 0.2) is 53.3 Å². The Morgan fingerprint density at radius 1 is 1.29 bits per heavy atom. The number of nitrogens with one attached hydrogen (secondary N) is 2. The fraction of sp³-hybridized carbons (Fsp3) is 0.304. The lowest BCUT2D eigenvalue weighted by Crippen LogP contribution is -2.36. The molecule has 5 rings (SSSR count). The zero-order valence-electron chi connectivity index (χ0n) is 18.1. The number of benzene rings is 1. The average molecular weight is 469 g/mol. The molecule has 0 aliphatic heterocycles. The largest absolute Gasteiger partial charge is 0.493 e. The molecule has 0 bridgehead atoms. The quantitative estimate of drug-likeness (QED) is 0.383. The van der Waals surface area contributed by atoms with Gasteiger partial charge in [0.25, 0.3) is 11.8 Å². The van der Waals surface area contributed by atoms with Gasteiger partial charge in [0.1, 0.15) is 17.9 Å². The third kappa shape index (κ3) is 4.82. The van der Waals surface area contributed by atoms with E-state index in [2.05, 4.69) is 25.5 Å². The van der Waals surface area contributed by atoms with E-state index in [0.717, 1.165) is 0 Å². The lowest BCUT2D eigenvalue weighted by atomic mass is 10.2. The predicted molar refractivity (Wildman–Crippen MR) is 117 cm³/mol. The highest BCUT2D eigenvalue weighted by molar-refractivity contribution is 5.93. The van der Waals surface area contributed by atoms with E-state index in [-0.39, 0.29) is 31.6 Å². The summed E-state index contributed by atoms with van der Waals surface area (Å²) in [5.74, 6) is -2.33. The van der Waals surface area contributed by atoms with Crippen molar-refractivity contribution in [3.05, 3.63) is 54.5 Å². The monoisotopic (exact) mass is 469 g/mol. The third-order valence-electron chi connectivity index (χ3n) is 5.38. The summed E-state index contributed by atoms with van der Waals surface area (Å²) in [6.45, 7) is 2.01. The second kappa shape index (κ2) is 8.73. The topological polar surface area (TPSA) is 115 Å². The van der Waals surface area contributed by atoms with E-state index in [1.54, 1.807) is 36.5 Å². The lowest BCUT2D eigenvalue weighted by molar-refractivity contribution is 0.0855. The second-order valence-corrected chi connectivity index (χ2v) is 8.18. The van der Waals surface area contributed by atoms with Crippen molar-refractivity contribution in [2.24, 2.45) is 5.92 Å². The number of rotatable bonds is 9. The Bertz CT molecular complexity index is 1290. The van der Waals surface area contributed by atoms with Crippen molar-refractivity contribution in [3.8, 4) is 23.1 Å². The first-order chi connectivity index (χ1) is 16.4. The molecule has 2 N–H and O–H groups in total. The number of fused-ring (bicyclic) bond motifs is 1. The predicted octanol–water partition coefficient (Wildman–Crippen LogP) is 3.84. The summed E-state index contributed by atoms with van der Waals surface area (Å²) in [4.78, 5) is 20.7. The molecule has 0 unspecified atom stereocenters. The van der Waals surface area contributed by atoms with Crippen molar-refractivity contribution in [2.45, 2.75) is 25.3 Å². The number of carbonyl (C=O) groups excluding carboxylic acids is 1. The van der Waals surface area contributed by atoms with Gasteiger partial charge in [-0.2, -0.15) is 5.10 Å². The van der Waals surface area contributed by atoms with Gasteiger partial charge in [-0.25, -0.2) is 18.7 Å². The molecule has 0 saturated heterocycles. The van der Waals surface area contributed by atoms with E-state index in [1.165, 1.54) is 12.4 Å². The number of carbonyl (C=O) groups is 1. The molecule has 0 spiro atoms. The van der Waals surface area contributed by atoms with Crippen LogP contribution in [0.3, 0.4) is 0 Å². The molecule has 1 aliphatic rings. The number of nitrogens with zero attached hydrogens (tertiary/aromatic N) is 3. The van der Waals surface area contributed by atoms with Gasteiger partial charge in [0.2, 0.25) is 11.8 Å². The molecule has 0 radical (unpaired) electrons. The smallest absolute Gasteiger partial charge is 0.255 e. The number of hydrogen-bond donors (Lipinski definition) is 2. The molecule has 1 aliphatic carbocycles. The van der Waals surface area contributed by atoms with Gasteiger partial charge >= 0.3 is 0 Å². The summed E-state index contributed by atoms with van der Waals surface area (Å²) < 4.78 is 42.9. The zero-order valence-corrected chi connectivity index (χ0v) is 18.1. The highest BCUT2D eigenvalue weighted by Gasteiger charge is 2.57. The summed E-state index contributed by atoms with van der Waals surface area (Å²) in [5.41, 5.74) is 2.19. The number of pyridine rings is 1. The first-order valence-corrected chi connectivity index (χ1v) is 10.7. The van der Waals surface area contributed by atoms with Gasteiger partial charge in [0.05, 0.1) is 36.5 Å². The van der Waals surface area contributed by atoms with Crippen LogP contribution in [-0.4, -0.2) is 51.3 Å². The number of hydrogen-bond acceptors (Lipinski definition) is 7. The normalized spacial score (nSPS) is 17.3. The van der Waals surface area contributed by atoms with Crippen molar-refractivity contribution in [3.63, 3.8) is 0 Å². The SMILES string of the molecule is C[C@@H](COc1cc2oc(-c3ccc(OC[C@H]4CC4(F)F)cc3)nc2cn1)NC(=O)c1cn[nH]c1. The molecule has 9 nitrogen and oxygen atoms in total. The maximum absolute atomic E-state index is 13.0. The molecule has 1 saturated carbocycles. The number of amides is 1. The standard InChI is InChI=1S/C23H21F2N5O4/c1-13(29-21(31)15-8-27-28-9-15)11-33-20-6-19-18(10-26-20)30-22(34-19)14-2-4-17(5-3-14)32-12-16-7-23(16,24)25/h2-6,8-10,13,16H,7,11-12H2,1H3,(H,27,28)(H,29,31)/t13-,16+/m0/s1. The highest BCUT2D eigenvalue weighted by Crippen LogP contribution is 2.48. The van der Waals surface area contributed by atoms with Crippen LogP contribution in [0.4, 0.5) is 8.78 Å². The van der Waals surface area contributed by atoms with Gasteiger partial charge in [-0.1, -0.05) is 0 Å². The van der Waals surface area contributed by atoms with Crippen LogP contribution in [0.1, 0.15) is 23.7 Å². The summed E-state index contributed by atoms with van der Waals surface area (Å²) in [6, 6.07) is 8.25. The number of H-pyrrole nitrogens is 1. The fourth-order valence-electron chi connectivity index (χ4n) is 3.29. The number of aromatic nitrogens is 4. The Hall–Kier alpha value is -4.02. The number of halogens is 2. The Labute approximate surface area is 192 Å². The van der Waals surface area contributed by atoms with Crippen LogP contribution in [0.5, 0.6) is 11.6 Å². The summed E-state index contributed by atoms with van der Waals surface area (Å²) in [6.07, 6.45) is 4.37. The van der Waals surface area contributed by atoms with Gasteiger partial charge in [0.15, 0.2) is 5.58 Å². The average Bonchev–Trinajstić information content (AvgIpc) is 3.24. The van der Waals surface area contributed by atoms with Crippen LogP contribution >= 0.6 is 0 Å². The van der Waals surface area contributed by atoms with Crippen molar-refractivity contribution < 1.29 is 27.5 Å². The van der Waals surface area contributed by atoms with Gasteiger partial charge in [-0.3, -0.25) is 9.89 Å². The minimum Gasteiger partial charge on any atom is -0.493 e. The summed E-state index contributed by atoms with van der Waals surface area (Å²) in [5, 5.41) is 9.15. The van der Waals surface area contributed by atoms with E-state index in [0.29, 0.717) is 39.7 Å². The van der Waals surface area contributed by atoms with Crippen LogP contribution in [0.25, 0.3) is 22.6 Å². The van der Waals surface area contributed by atoms with E-state index >= 15 is 0 Å². The van der Waals surface area contributed by atoms with Crippen molar-refractivity contribution in [1.29, 1.82) is 0 Å². The minimum absolute atomic E-state index is 0.00466. The molecule has 1 fully saturated rings. The van der Waals surface area contributed by atoms with Gasteiger partial charge < -0.3 is 19.2 Å². The number of alkyl halides is 2. The van der Waals surface area contributed by atoms with Gasteiger partial charge in [-0.05, 0) is 31.2 Å². The van der Waals surface area contributed by atoms with Gasteiger partial charge in [-0.15, -0.1) is 0 Å². The van der Waals surface area contributed by atoms with E-state index in [1.807, 2.05) is 6.92 Å². The fourth-order valence-corrected chi connectivity index (χ4v) is 3.29. The van der Waals surface area contributed by atoms with Crippen molar-refractivity contribution >= 4 is 17.0 Å². The van der Waals surface area contributed by atoms with E-state index in [9.17, 15) is 13.6 Å². The van der Waals surface area contributed by atoms with Crippen molar-refractivity contribution in [1.82, 2.24) is 25.5 Å². The Morgan fingerprint density at radius 3 is 2.79 bits per heavy atom. The maximum atomic E-state index is 13.0. The third-order valence-corrected chi connectivity index (χ3v) is 5.38. The van der Waals surface area contributed by atoms with Gasteiger partial charge in [0, 0.05) is 24.2 Å². The molecular formula is C23H21F2N5O4. The van der Waals surface area contributed by atoms with Crippen LogP contribution in [0, 0.1) is 5.92 Å². The number of ether oxygens (including phenoxy) is 2. The maximum Gasteiger partial charge on any atom is 0.255 e. The molecule has 1 aromatic carbocycles. The first-order valence-electron chi connectivity index (χ1n) is 10.7. The van der Waals surface area contributed by atoms with Crippen LogP contribution in [-0.2, 0) is 0 Å². The minimum atomic E-state index is -2.60. The molecule has 176 valence electrons. The summed E-state index contributed by atoms with van der Waals surface area (Å²) in [7, 11) is 0. The molecule has 2 atom stereocenters. The number of aromatic amines is 1. The van der Waals surface area contributed by atoms with E-state index < -0.39 is 11.8 Å². The molecule has 3 heterocycles.